The second-order valence-corrected chi connectivity index (χ2v) is 6.00. The fraction of sp³-hybridized carbons (Fsp3) is 0.273. The average Bonchev–Trinajstić information content (AvgIpc) is 2.36. The molecule has 0 aliphatic carbocycles. The summed E-state index contributed by atoms with van der Waals surface area (Å²) in [5.74, 6) is -1.65. The van der Waals surface area contributed by atoms with Gasteiger partial charge in [-0.05, 0) is 25.1 Å². The van der Waals surface area contributed by atoms with E-state index in [0.29, 0.717) is 6.07 Å². The Morgan fingerprint density at radius 3 is 2.43 bits per heavy atom. The number of hydrogen-bond donors (Lipinski definition) is 2. The molecule has 1 rings (SSSR count). The fourth-order valence-corrected chi connectivity index (χ4v) is 2.22. The van der Waals surface area contributed by atoms with Crippen molar-refractivity contribution in [1.29, 1.82) is 5.26 Å². The first kappa shape index (κ1) is 16.8. The predicted octanol–water partition coefficient (Wildman–Crippen LogP) is 1.79. The van der Waals surface area contributed by atoms with Crippen LogP contribution < -0.4 is 4.72 Å². The molecule has 114 valence electrons. The van der Waals surface area contributed by atoms with Crippen LogP contribution in [-0.2, 0) is 21.0 Å². The summed E-state index contributed by atoms with van der Waals surface area (Å²) in [4.78, 5) is 10.6. The molecule has 1 atom stereocenters. The number of nitrogens with zero attached hydrogens (tertiary/aromatic N) is 1. The molecule has 0 saturated heterocycles. The van der Waals surface area contributed by atoms with Gasteiger partial charge in [0.25, 0.3) is 0 Å². The zero-order valence-corrected chi connectivity index (χ0v) is 11.3. The Morgan fingerprint density at radius 1 is 1.43 bits per heavy atom. The molecular formula is C11H9F3N2O4S. The van der Waals surface area contributed by atoms with Crippen molar-refractivity contribution in [2.24, 2.45) is 0 Å². The molecule has 0 aliphatic heterocycles. The van der Waals surface area contributed by atoms with E-state index in [0.717, 1.165) is 19.1 Å². The van der Waals surface area contributed by atoms with Crippen LogP contribution in [0.1, 0.15) is 18.1 Å². The van der Waals surface area contributed by atoms with Crippen molar-refractivity contribution in [3.8, 4) is 6.07 Å². The molecule has 0 bridgehead atoms. The fourth-order valence-electron chi connectivity index (χ4n) is 1.33. The van der Waals surface area contributed by atoms with Crippen molar-refractivity contribution in [3.63, 3.8) is 0 Å². The lowest BCUT2D eigenvalue weighted by Gasteiger charge is -2.14. The van der Waals surface area contributed by atoms with E-state index in [1.807, 2.05) is 0 Å². The number of nitriles is 1. The largest absolute Gasteiger partial charge is 0.480 e. The van der Waals surface area contributed by atoms with Crippen molar-refractivity contribution in [2.45, 2.75) is 18.3 Å². The number of carbonyl (C=O) groups is 1. The number of carboxylic acids is 1. The molecule has 6 nitrogen and oxygen atoms in total. The molecule has 0 aromatic heterocycles. The van der Waals surface area contributed by atoms with Gasteiger partial charge in [-0.1, -0.05) is 0 Å². The Labute approximate surface area is 117 Å². The molecule has 0 fully saturated rings. The number of benzene rings is 1. The number of aliphatic carboxylic acids is 1. The van der Waals surface area contributed by atoms with Gasteiger partial charge in [0.2, 0.25) is 10.0 Å². The summed E-state index contributed by atoms with van der Waals surface area (Å²) < 4.78 is 63.1. The van der Waals surface area contributed by atoms with E-state index in [4.69, 9.17) is 10.4 Å². The summed E-state index contributed by atoms with van der Waals surface area (Å²) in [5.41, 5.74) is -2.46. The van der Waals surface area contributed by atoms with Crippen molar-refractivity contribution in [1.82, 2.24) is 0 Å². The third-order valence-corrected chi connectivity index (χ3v) is 4.17. The Balaban J connectivity index is 3.24. The number of rotatable bonds is 4. The van der Waals surface area contributed by atoms with Gasteiger partial charge in [0.15, 0.2) is 5.25 Å². The number of nitrogens with one attached hydrogen (secondary N) is 1. The first-order valence-corrected chi connectivity index (χ1v) is 6.89. The Kier molecular flexibility index (Phi) is 4.48. The molecule has 0 spiro atoms. The van der Waals surface area contributed by atoms with Gasteiger partial charge in [-0.2, -0.15) is 18.4 Å². The summed E-state index contributed by atoms with van der Waals surface area (Å²) in [7, 11) is -4.39. The lowest BCUT2D eigenvalue weighted by molar-refractivity contribution is -0.138. The molecule has 1 unspecified atom stereocenters. The van der Waals surface area contributed by atoms with Gasteiger partial charge in [0.1, 0.15) is 0 Å². The molecule has 0 aliphatic rings. The Bertz CT molecular complexity index is 707. The standard InChI is InChI=1S/C11H9F3N2O4S/c1-6(10(17)18)21(19,20)16-8-3-2-7(5-15)9(4-8)11(12,13)14/h2-4,6,16H,1H3,(H,17,18). The summed E-state index contributed by atoms with van der Waals surface area (Å²) in [6.07, 6.45) is -4.84. The molecule has 1 aromatic rings. The minimum atomic E-state index is -4.84. The molecule has 10 heteroatoms. The number of carboxylic acid groups (broad SMARTS) is 1. The molecule has 0 radical (unpaired) electrons. The predicted molar refractivity (Wildman–Crippen MR) is 65.8 cm³/mol. The lowest BCUT2D eigenvalue weighted by Crippen LogP contribution is -2.32. The van der Waals surface area contributed by atoms with Gasteiger partial charge in [-0.25, -0.2) is 8.42 Å². The van der Waals surface area contributed by atoms with Gasteiger partial charge >= 0.3 is 12.1 Å². The van der Waals surface area contributed by atoms with E-state index in [1.54, 1.807) is 4.72 Å². The van der Waals surface area contributed by atoms with E-state index in [2.05, 4.69) is 0 Å². The third-order valence-electron chi connectivity index (χ3n) is 2.52. The maximum Gasteiger partial charge on any atom is 0.417 e. The maximum atomic E-state index is 12.7. The Morgan fingerprint density at radius 2 is 2.00 bits per heavy atom. The average molecular weight is 322 g/mol. The van der Waals surface area contributed by atoms with Gasteiger partial charge in [-0.3, -0.25) is 9.52 Å². The van der Waals surface area contributed by atoms with Gasteiger partial charge in [-0.15, -0.1) is 0 Å². The SMILES string of the molecule is CC(C(=O)O)S(=O)(=O)Nc1ccc(C#N)c(C(F)(F)F)c1. The van der Waals surface area contributed by atoms with Gasteiger partial charge in [0.05, 0.1) is 17.2 Å². The number of hydrogen-bond acceptors (Lipinski definition) is 4. The number of sulfonamides is 1. The molecule has 0 saturated carbocycles. The maximum absolute atomic E-state index is 12.7. The zero-order valence-electron chi connectivity index (χ0n) is 10.5. The topological polar surface area (TPSA) is 107 Å². The lowest BCUT2D eigenvalue weighted by atomic mass is 10.1. The first-order valence-electron chi connectivity index (χ1n) is 5.35. The van der Waals surface area contributed by atoms with Crippen LogP contribution in [0.4, 0.5) is 18.9 Å². The minimum Gasteiger partial charge on any atom is -0.480 e. The van der Waals surface area contributed by atoms with E-state index < -0.39 is 44.2 Å². The molecule has 0 heterocycles. The summed E-state index contributed by atoms with van der Waals surface area (Å²) >= 11 is 0. The molecule has 2 N–H and O–H groups in total. The van der Waals surface area contributed by atoms with Crippen LogP contribution in [0.2, 0.25) is 0 Å². The smallest absolute Gasteiger partial charge is 0.417 e. The molecule has 1 aromatic carbocycles. The van der Waals surface area contributed by atoms with Crippen molar-refractivity contribution >= 4 is 21.7 Å². The van der Waals surface area contributed by atoms with Gasteiger partial charge in [0, 0.05) is 5.69 Å². The van der Waals surface area contributed by atoms with Crippen molar-refractivity contribution in [2.75, 3.05) is 4.72 Å². The minimum absolute atomic E-state index is 0.435. The van der Waals surface area contributed by atoms with Crippen molar-refractivity contribution < 1.29 is 31.5 Å². The van der Waals surface area contributed by atoms with E-state index in [-0.39, 0.29) is 0 Å². The summed E-state index contributed by atoms with van der Waals surface area (Å²) in [5, 5.41) is 15.4. The molecule has 21 heavy (non-hydrogen) atoms. The monoisotopic (exact) mass is 322 g/mol. The first-order chi connectivity index (χ1) is 9.49. The zero-order chi connectivity index (χ0) is 16.4. The highest BCUT2D eigenvalue weighted by Gasteiger charge is 2.34. The van der Waals surface area contributed by atoms with Crippen molar-refractivity contribution in [3.05, 3.63) is 29.3 Å². The Hall–Kier alpha value is -2.28. The quantitative estimate of drug-likeness (QED) is 0.879. The van der Waals surface area contributed by atoms with E-state index in [9.17, 15) is 26.4 Å². The number of alkyl halides is 3. The second-order valence-electron chi connectivity index (χ2n) is 4.00. The van der Waals surface area contributed by atoms with Crippen LogP contribution in [0.25, 0.3) is 0 Å². The van der Waals surface area contributed by atoms with E-state index in [1.165, 1.54) is 6.07 Å². The number of halogens is 3. The highest BCUT2D eigenvalue weighted by molar-refractivity contribution is 7.94. The normalized spacial score (nSPS) is 13.3. The number of anilines is 1. The highest BCUT2D eigenvalue weighted by Crippen LogP contribution is 2.33. The second kappa shape index (κ2) is 5.61. The summed E-state index contributed by atoms with van der Waals surface area (Å²) in [6.45, 7) is 0.874. The molecular weight excluding hydrogens is 313 g/mol. The van der Waals surface area contributed by atoms with E-state index >= 15 is 0 Å². The highest BCUT2D eigenvalue weighted by atomic mass is 32.2. The summed E-state index contributed by atoms with van der Waals surface area (Å²) in [6, 6.07) is 3.52. The van der Waals surface area contributed by atoms with Crippen LogP contribution in [0.15, 0.2) is 18.2 Å². The molecule has 0 amide bonds. The third kappa shape index (κ3) is 3.85. The van der Waals surface area contributed by atoms with Crippen LogP contribution >= 0.6 is 0 Å². The van der Waals surface area contributed by atoms with Crippen LogP contribution in [-0.4, -0.2) is 24.7 Å². The van der Waals surface area contributed by atoms with Gasteiger partial charge < -0.3 is 5.11 Å². The van der Waals surface area contributed by atoms with Crippen LogP contribution in [0, 0.1) is 11.3 Å². The van der Waals surface area contributed by atoms with Crippen LogP contribution in [0.3, 0.4) is 0 Å². The van der Waals surface area contributed by atoms with Crippen LogP contribution in [0.5, 0.6) is 0 Å².